The summed E-state index contributed by atoms with van der Waals surface area (Å²) in [5.41, 5.74) is 8.96. The Morgan fingerprint density at radius 3 is 2.67 bits per heavy atom. The van der Waals surface area contributed by atoms with Gasteiger partial charge < -0.3 is 10.6 Å². The zero-order valence-corrected chi connectivity index (χ0v) is 16.3. The number of primary amides is 1. The topological polar surface area (TPSA) is 76.3 Å². The lowest BCUT2D eigenvalue weighted by atomic mass is 9.94. The van der Waals surface area contributed by atoms with Crippen LogP contribution in [-0.2, 0) is 22.4 Å². The molecule has 4 rings (SSSR count). The molecule has 0 spiro atoms. The minimum atomic E-state index is -0.244. The quantitative estimate of drug-likeness (QED) is 0.824. The number of hydrogen-bond donors (Lipinski definition) is 1. The van der Waals surface area contributed by atoms with Crippen LogP contribution in [0, 0.1) is 5.92 Å². The predicted molar refractivity (Wildman–Crippen MR) is 108 cm³/mol. The Kier molecular flexibility index (Phi) is 5.34. The number of rotatable bonds is 4. The third kappa shape index (κ3) is 3.81. The molecule has 0 saturated carbocycles. The highest BCUT2D eigenvalue weighted by atomic mass is 32.2. The molecule has 1 aliphatic carbocycles. The van der Waals surface area contributed by atoms with Gasteiger partial charge in [0.05, 0.1) is 11.3 Å². The molecule has 0 atom stereocenters. The summed E-state index contributed by atoms with van der Waals surface area (Å²) >= 11 is 1.65. The van der Waals surface area contributed by atoms with Gasteiger partial charge in [0.2, 0.25) is 11.8 Å². The maximum atomic E-state index is 12.7. The van der Waals surface area contributed by atoms with Crippen LogP contribution < -0.4 is 5.73 Å². The number of amides is 2. The van der Waals surface area contributed by atoms with Gasteiger partial charge in [-0.1, -0.05) is 18.2 Å². The van der Waals surface area contributed by atoms with Crippen LogP contribution in [0.15, 0.2) is 29.2 Å². The molecule has 2 amide bonds. The molecular formula is C21H25N3O2S. The Morgan fingerprint density at radius 1 is 1.15 bits per heavy atom. The first-order valence-electron chi connectivity index (χ1n) is 9.74. The zero-order valence-electron chi connectivity index (χ0n) is 15.4. The maximum absolute atomic E-state index is 12.7. The van der Waals surface area contributed by atoms with Crippen LogP contribution in [0.1, 0.15) is 36.9 Å². The Balaban J connectivity index is 1.50. The van der Waals surface area contributed by atoms with Crippen molar-refractivity contribution >= 4 is 34.5 Å². The van der Waals surface area contributed by atoms with E-state index in [2.05, 4.69) is 12.1 Å². The van der Waals surface area contributed by atoms with Crippen LogP contribution >= 0.6 is 11.8 Å². The number of thioether (sulfide) groups is 1. The molecule has 0 bridgehead atoms. The first-order valence-corrected chi connectivity index (χ1v) is 10.7. The summed E-state index contributed by atoms with van der Waals surface area (Å²) in [6, 6.07) is 8.24. The van der Waals surface area contributed by atoms with E-state index in [-0.39, 0.29) is 17.7 Å². The minimum Gasteiger partial charge on any atom is -0.369 e. The molecule has 2 N–H and O–H groups in total. The summed E-state index contributed by atoms with van der Waals surface area (Å²) in [6.07, 6.45) is 5.82. The van der Waals surface area contributed by atoms with Gasteiger partial charge in [0.15, 0.2) is 0 Å². The number of carbonyl (C=O) groups is 2. The van der Waals surface area contributed by atoms with Crippen LogP contribution in [0.2, 0.25) is 0 Å². The summed E-state index contributed by atoms with van der Waals surface area (Å²) in [5, 5.41) is 1.16. The van der Waals surface area contributed by atoms with Crippen LogP contribution in [0.5, 0.6) is 0 Å². The largest absolute Gasteiger partial charge is 0.369 e. The predicted octanol–water partition coefficient (Wildman–Crippen LogP) is 2.93. The number of aromatic nitrogens is 1. The molecule has 0 unspecified atom stereocenters. The molecule has 1 aromatic carbocycles. The summed E-state index contributed by atoms with van der Waals surface area (Å²) in [6.45, 7) is 1.25. The molecule has 0 radical (unpaired) electrons. The Labute approximate surface area is 163 Å². The van der Waals surface area contributed by atoms with E-state index >= 15 is 0 Å². The van der Waals surface area contributed by atoms with Gasteiger partial charge in [-0.3, -0.25) is 14.6 Å². The van der Waals surface area contributed by atoms with Gasteiger partial charge in [0.1, 0.15) is 0 Å². The van der Waals surface area contributed by atoms with Crippen molar-refractivity contribution in [2.75, 3.05) is 18.8 Å². The zero-order chi connectivity index (χ0) is 18.8. The summed E-state index contributed by atoms with van der Waals surface area (Å²) in [4.78, 5) is 32.0. The van der Waals surface area contributed by atoms with Gasteiger partial charge in [-0.2, -0.15) is 0 Å². The molecule has 27 heavy (non-hydrogen) atoms. The number of nitrogens with zero attached hydrogens (tertiary/aromatic N) is 2. The van der Waals surface area contributed by atoms with Crippen molar-refractivity contribution in [1.82, 2.24) is 9.88 Å². The van der Waals surface area contributed by atoms with Gasteiger partial charge in [0.25, 0.3) is 0 Å². The average Bonchev–Trinajstić information content (AvgIpc) is 2.71. The third-order valence-electron chi connectivity index (χ3n) is 5.71. The lowest BCUT2D eigenvalue weighted by molar-refractivity contribution is -0.132. The second kappa shape index (κ2) is 7.89. The number of likely N-dealkylation sites (tertiary alicyclic amines) is 1. The number of pyridine rings is 1. The molecule has 6 heteroatoms. The molecular weight excluding hydrogens is 358 g/mol. The molecule has 2 heterocycles. The number of fused-ring (bicyclic) bond motifs is 2. The van der Waals surface area contributed by atoms with E-state index in [1.54, 1.807) is 11.8 Å². The lowest BCUT2D eigenvalue weighted by Gasteiger charge is -2.30. The molecule has 142 valence electrons. The van der Waals surface area contributed by atoms with Gasteiger partial charge in [-0.25, -0.2) is 0 Å². The van der Waals surface area contributed by atoms with E-state index in [0.717, 1.165) is 23.7 Å². The van der Waals surface area contributed by atoms with E-state index < -0.39 is 0 Å². The normalized spacial score (nSPS) is 17.7. The smallest absolute Gasteiger partial charge is 0.232 e. The van der Waals surface area contributed by atoms with Gasteiger partial charge >= 0.3 is 0 Å². The van der Waals surface area contributed by atoms with E-state index in [1.165, 1.54) is 29.0 Å². The van der Waals surface area contributed by atoms with Crippen molar-refractivity contribution < 1.29 is 9.59 Å². The van der Waals surface area contributed by atoms with Gasteiger partial charge in [-0.15, -0.1) is 11.8 Å². The second-order valence-corrected chi connectivity index (χ2v) is 8.42. The fraction of sp³-hybridized carbons (Fsp3) is 0.476. The molecule has 1 aliphatic heterocycles. The summed E-state index contributed by atoms with van der Waals surface area (Å²) in [5.74, 6) is 0.249. The number of benzene rings is 1. The SMILES string of the molecule is NC(=O)C1CCN(C(=O)CSc2c3c(nc4ccccc24)CCCC3)CC1. The van der Waals surface area contributed by atoms with Crippen molar-refractivity contribution in [3.8, 4) is 0 Å². The first kappa shape index (κ1) is 18.3. The van der Waals surface area contributed by atoms with E-state index in [9.17, 15) is 9.59 Å². The summed E-state index contributed by atoms with van der Waals surface area (Å²) < 4.78 is 0. The van der Waals surface area contributed by atoms with E-state index in [0.29, 0.717) is 31.7 Å². The van der Waals surface area contributed by atoms with Crippen molar-refractivity contribution in [1.29, 1.82) is 0 Å². The number of nitrogens with two attached hydrogens (primary N) is 1. The van der Waals surface area contributed by atoms with Crippen LogP contribution in [0.25, 0.3) is 10.9 Å². The molecule has 5 nitrogen and oxygen atoms in total. The molecule has 1 fully saturated rings. The Hall–Kier alpha value is -2.08. The average molecular weight is 384 g/mol. The van der Waals surface area contributed by atoms with Crippen molar-refractivity contribution in [3.05, 3.63) is 35.5 Å². The van der Waals surface area contributed by atoms with Crippen molar-refractivity contribution in [2.24, 2.45) is 11.7 Å². The number of piperidine rings is 1. The highest BCUT2D eigenvalue weighted by Crippen LogP contribution is 2.36. The number of para-hydroxylation sites is 1. The number of aryl methyl sites for hydroxylation is 1. The fourth-order valence-corrected chi connectivity index (χ4v) is 5.30. The number of hydrogen-bond acceptors (Lipinski definition) is 4. The second-order valence-electron chi connectivity index (χ2n) is 7.44. The third-order valence-corrected chi connectivity index (χ3v) is 6.85. The van der Waals surface area contributed by atoms with Crippen LogP contribution in [0.3, 0.4) is 0 Å². The van der Waals surface area contributed by atoms with E-state index in [4.69, 9.17) is 10.7 Å². The molecule has 2 aliphatic rings. The molecule has 2 aromatic rings. The Morgan fingerprint density at radius 2 is 1.89 bits per heavy atom. The highest BCUT2D eigenvalue weighted by Gasteiger charge is 2.26. The van der Waals surface area contributed by atoms with Crippen LogP contribution in [-0.4, -0.2) is 40.5 Å². The van der Waals surface area contributed by atoms with Gasteiger partial charge in [-0.05, 0) is 50.2 Å². The van der Waals surface area contributed by atoms with Crippen molar-refractivity contribution in [2.45, 2.75) is 43.4 Å². The number of carbonyl (C=O) groups excluding carboxylic acids is 2. The summed E-state index contributed by atoms with van der Waals surface area (Å²) in [7, 11) is 0. The molecule has 1 aromatic heterocycles. The highest BCUT2D eigenvalue weighted by molar-refractivity contribution is 8.00. The van der Waals surface area contributed by atoms with Crippen molar-refractivity contribution in [3.63, 3.8) is 0 Å². The minimum absolute atomic E-state index is 0.0853. The standard InChI is InChI=1S/C21H25N3O2S/c22-21(26)14-9-11-24(12-10-14)19(25)13-27-20-15-5-1-3-7-17(15)23-18-8-4-2-6-16(18)20/h1,3,5,7,14H,2,4,6,8-13H2,(H2,22,26). The monoisotopic (exact) mass is 383 g/mol. The van der Waals surface area contributed by atoms with E-state index in [1.807, 2.05) is 17.0 Å². The first-order chi connectivity index (χ1) is 13.1. The molecule has 1 saturated heterocycles. The lowest BCUT2D eigenvalue weighted by Crippen LogP contribution is -2.42. The Bertz CT molecular complexity index is 875. The van der Waals surface area contributed by atoms with Gasteiger partial charge in [0, 0.05) is 35.0 Å². The fourth-order valence-electron chi connectivity index (χ4n) is 4.13. The van der Waals surface area contributed by atoms with Crippen LogP contribution in [0.4, 0.5) is 0 Å². The maximum Gasteiger partial charge on any atom is 0.232 e.